The molecule has 0 radical (unpaired) electrons. The summed E-state index contributed by atoms with van der Waals surface area (Å²) in [5.74, 6) is 1.85. The van der Waals surface area contributed by atoms with Gasteiger partial charge in [0.25, 0.3) is 0 Å². The summed E-state index contributed by atoms with van der Waals surface area (Å²) in [7, 11) is 0. The minimum atomic E-state index is -0.545. The molecule has 250 valence electrons. The van der Waals surface area contributed by atoms with Crippen LogP contribution in [0.15, 0.2) is 91.5 Å². The van der Waals surface area contributed by atoms with Gasteiger partial charge in [-0.2, -0.15) is 0 Å². The number of esters is 2. The van der Waals surface area contributed by atoms with Crippen LogP contribution in [0.2, 0.25) is 0 Å². The molecule has 1 aliphatic rings. The minimum absolute atomic E-state index is 0.0722. The number of ether oxygens (including phenoxy) is 3. The number of hydrogen-bond acceptors (Lipinski definition) is 6. The van der Waals surface area contributed by atoms with Crippen LogP contribution in [0.25, 0.3) is 22.3 Å². The van der Waals surface area contributed by atoms with Crippen LogP contribution in [0.1, 0.15) is 75.8 Å². The normalized spacial score (nSPS) is 16.0. The van der Waals surface area contributed by atoms with Crippen molar-refractivity contribution in [1.82, 2.24) is 0 Å². The van der Waals surface area contributed by atoms with Gasteiger partial charge in [0, 0.05) is 6.08 Å². The van der Waals surface area contributed by atoms with Crippen LogP contribution in [0.3, 0.4) is 0 Å². The third-order valence-electron chi connectivity index (χ3n) is 9.03. The summed E-state index contributed by atoms with van der Waals surface area (Å²) in [5.41, 5.74) is 7.30. The van der Waals surface area contributed by atoms with E-state index in [9.17, 15) is 9.59 Å². The van der Waals surface area contributed by atoms with E-state index < -0.39 is 11.9 Å². The van der Waals surface area contributed by atoms with Crippen LogP contribution >= 0.6 is 0 Å². The Balaban J connectivity index is 1.43. The Kier molecular flexibility index (Phi) is 13.9. The molecule has 0 aromatic heterocycles. The van der Waals surface area contributed by atoms with Gasteiger partial charge in [-0.25, -0.2) is 9.59 Å². The zero-order valence-electron chi connectivity index (χ0n) is 28.0. The maximum absolute atomic E-state index is 11.6. The van der Waals surface area contributed by atoms with Gasteiger partial charge in [0.05, 0.1) is 18.8 Å². The quantitative estimate of drug-likeness (QED) is 0.0904. The van der Waals surface area contributed by atoms with Crippen molar-refractivity contribution in [3.63, 3.8) is 0 Å². The zero-order valence-corrected chi connectivity index (χ0v) is 28.0. The lowest BCUT2D eigenvalue weighted by Gasteiger charge is -2.31. The Hall–Kier alpha value is -4.16. The van der Waals surface area contributed by atoms with Crippen LogP contribution in [0, 0.1) is 11.8 Å². The van der Waals surface area contributed by atoms with Crippen molar-refractivity contribution in [2.45, 2.75) is 71.1 Å². The fourth-order valence-electron chi connectivity index (χ4n) is 6.24. The molecule has 1 aliphatic carbocycles. The molecule has 0 atom stereocenters. The van der Waals surface area contributed by atoms with Gasteiger partial charge in [0.2, 0.25) is 0 Å². The topological polar surface area (TPSA) is 82.1 Å². The smallest absolute Gasteiger partial charge is 0.335 e. The number of aliphatic hydroxyl groups is 1. The first kappa shape index (κ1) is 35.7. The van der Waals surface area contributed by atoms with E-state index in [1.165, 1.54) is 60.8 Å². The highest BCUT2D eigenvalue weighted by molar-refractivity contribution is 5.87. The summed E-state index contributed by atoms with van der Waals surface area (Å²) in [6.45, 7) is 11.9. The van der Waals surface area contributed by atoms with Gasteiger partial charge in [-0.05, 0) is 102 Å². The average Bonchev–Trinajstić information content (AvgIpc) is 3.11. The number of carbonyl (C=O) groups excluding carboxylic acids is 2. The molecule has 4 rings (SSSR count). The summed E-state index contributed by atoms with van der Waals surface area (Å²) >= 11 is 0. The van der Waals surface area contributed by atoms with E-state index >= 15 is 0 Å². The number of carbonyl (C=O) groups is 2. The lowest BCUT2D eigenvalue weighted by molar-refractivity contribution is -0.140. The van der Waals surface area contributed by atoms with E-state index in [-0.39, 0.29) is 18.8 Å². The molecule has 6 heteroatoms. The molecule has 0 spiro atoms. The number of aryl methyl sites for hydroxylation is 1. The third kappa shape index (κ3) is 11.0. The third-order valence-corrected chi connectivity index (χ3v) is 9.03. The van der Waals surface area contributed by atoms with Crippen LogP contribution in [0.4, 0.5) is 0 Å². The molecular weight excluding hydrogens is 588 g/mol. The number of aliphatic hydroxyl groups excluding tert-OH is 1. The number of rotatable bonds is 17. The fraction of sp³-hybridized carbons (Fsp3) is 0.415. The molecule has 3 aromatic rings. The highest BCUT2D eigenvalue weighted by Gasteiger charge is 2.25. The lowest BCUT2D eigenvalue weighted by atomic mass is 9.75. The van der Waals surface area contributed by atoms with Crippen LogP contribution in [-0.4, -0.2) is 43.5 Å². The van der Waals surface area contributed by atoms with E-state index in [0.29, 0.717) is 25.6 Å². The predicted molar refractivity (Wildman–Crippen MR) is 188 cm³/mol. The van der Waals surface area contributed by atoms with E-state index in [4.69, 9.17) is 19.3 Å². The van der Waals surface area contributed by atoms with Crippen LogP contribution < -0.4 is 4.74 Å². The highest BCUT2D eigenvalue weighted by Crippen LogP contribution is 2.43. The Morgan fingerprint density at radius 3 is 2.17 bits per heavy atom. The van der Waals surface area contributed by atoms with Gasteiger partial charge in [-0.3, -0.25) is 0 Å². The predicted octanol–water partition coefficient (Wildman–Crippen LogP) is 8.86. The molecule has 0 saturated heterocycles. The molecule has 0 aliphatic heterocycles. The molecule has 6 nitrogen and oxygen atoms in total. The monoisotopic (exact) mass is 638 g/mol. The van der Waals surface area contributed by atoms with Crippen LogP contribution in [-0.2, 0) is 25.5 Å². The van der Waals surface area contributed by atoms with Crippen molar-refractivity contribution in [1.29, 1.82) is 0 Å². The molecular formula is C41H50O6. The van der Waals surface area contributed by atoms with Crippen LogP contribution in [0.5, 0.6) is 5.75 Å². The van der Waals surface area contributed by atoms with Gasteiger partial charge in [0.15, 0.2) is 0 Å². The molecule has 47 heavy (non-hydrogen) atoms. The minimum Gasteiger partial charge on any atom is -0.490 e. The molecule has 1 saturated carbocycles. The summed E-state index contributed by atoms with van der Waals surface area (Å²) in [6.07, 6.45) is 10.2. The second-order valence-corrected chi connectivity index (χ2v) is 12.9. The van der Waals surface area contributed by atoms with Gasteiger partial charge < -0.3 is 19.3 Å². The SMILES string of the molecule is C=CC(=O)OCCOc1ccc(-c2ccc(-c3ccc(CCCOC(=O)C(=C)CO)cc3)cc2)c(C2CCC(CCC(C)C)CC2)c1. The fourth-order valence-corrected chi connectivity index (χ4v) is 6.24. The number of benzene rings is 3. The van der Waals surface area contributed by atoms with Gasteiger partial charge in [-0.1, -0.05) is 94.4 Å². The van der Waals surface area contributed by atoms with Crippen molar-refractivity contribution in [2.75, 3.05) is 26.4 Å². The molecule has 1 fully saturated rings. The second kappa shape index (κ2) is 18.2. The van der Waals surface area contributed by atoms with Gasteiger partial charge in [0.1, 0.15) is 19.0 Å². The van der Waals surface area contributed by atoms with E-state index in [1.807, 2.05) is 6.07 Å². The second-order valence-electron chi connectivity index (χ2n) is 12.9. The largest absolute Gasteiger partial charge is 0.490 e. The maximum Gasteiger partial charge on any atom is 0.335 e. The molecule has 0 heterocycles. The molecule has 1 N–H and O–H groups in total. The Morgan fingerprint density at radius 2 is 1.53 bits per heavy atom. The Labute approximate surface area is 280 Å². The van der Waals surface area contributed by atoms with Gasteiger partial charge in [-0.15, -0.1) is 0 Å². The first-order valence-electron chi connectivity index (χ1n) is 17.0. The summed E-state index contributed by atoms with van der Waals surface area (Å²) in [6, 6.07) is 23.7. The zero-order chi connectivity index (χ0) is 33.6. The first-order valence-corrected chi connectivity index (χ1v) is 17.0. The van der Waals surface area contributed by atoms with E-state index in [2.05, 4.69) is 87.7 Å². The lowest BCUT2D eigenvalue weighted by Crippen LogP contribution is -2.15. The molecule has 0 bridgehead atoms. The van der Waals surface area contributed by atoms with Crippen molar-refractivity contribution in [3.8, 4) is 28.0 Å². The molecule has 0 amide bonds. The van der Waals surface area contributed by atoms with Gasteiger partial charge >= 0.3 is 11.9 Å². The van der Waals surface area contributed by atoms with E-state index in [0.717, 1.165) is 41.2 Å². The summed E-state index contributed by atoms with van der Waals surface area (Å²) < 4.78 is 16.2. The number of hydrogen-bond donors (Lipinski definition) is 1. The maximum atomic E-state index is 11.6. The average molecular weight is 639 g/mol. The van der Waals surface area contributed by atoms with Crippen molar-refractivity contribution in [2.24, 2.45) is 11.8 Å². The van der Waals surface area contributed by atoms with Crippen molar-refractivity contribution < 1.29 is 28.9 Å². The molecule has 3 aromatic carbocycles. The summed E-state index contributed by atoms with van der Waals surface area (Å²) in [4.78, 5) is 23.0. The Morgan fingerprint density at radius 1 is 0.872 bits per heavy atom. The van der Waals surface area contributed by atoms with E-state index in [1.54, 1.807) is 0 Å². The van der Waals surface area contributed by atoms with Crippen molar-refractivity contribution >= 4 is 11.9 Å². The molecule has 0 unspecified atom stereocenters. The highest BCUT2D eigenvalue weighted by atomic mass is 16.6. The first-order chi connectivity index (χ1) is 22.8. The standard InChI is InChI=1S/C41H50O6/c1-5-40(43)46-26-25-45-37-22-23-38(39(27-37)36-16-12-32(13-17-36)9-8-29(2)3)35-20-18-34(19-21-35)33-14-10-31(11-15-33)7-6-24-47-41(44)30(4)28-42/h5,10-11,14-15,18-23,27,29,32,36,42H,1,4,6-9,12-13,16-17,24-26,28H2,2-3H3. The van der Waals surface area contributed by atoms with Crippen molar-refractivity contribution in [3.05, 3.63) is 103 Å². The summed E-state index contributed by atoms with van der Waals surface area (Å²) in [5, 5.41) is 8.98. The Bertz CT molecular complexity index is 1460.